The van der Waals surface area contributed by atoms with Crippen molar-refractivity contribution >= 4 is 23.3 Å². The average molecular weight is 246 g/mol. The standard InChI is InChI=1S/C10H9F3N2S/c1-6-3-2-4-7-8(6)14-9(16)15(7)5-10(11,12)13/h2-4H,5H2,1H3,(H,14,16). The van der Waals surface area contributed by atoms with E-state index in [1.807, 2.05) is 13.0 Å². The van der Waals surface area contributed by atoms with Crippen LogP contribution in [0.3, 0.4) is 0 Å². The zero-order valence-electron chi connectivity index (χ0n) is 8.43. The van der Waals surface area contributed by atoms with E-state index in [4.69, 9.17) is 12.2 Å². The predicted molar refractivity (Wildman–Crippen MR) is 57.9 cm³/mol. The van der Waals surface area contributed by atoms with E-state index in [9.17, 15) is 13.2 Å². The van der Waals surface area contributed by atoms with Crippen LogP contribution in [-0.4, -0.2) is 15.7 Å². The molecular formula is C10H9F3N2S. The van der Waals surface area contributed by atoms with Crippen molar-refractivity contribution in [3.05, 3.63) is 28.5 Å². The molecule has 0 atom stereocenters. The highest BCUT2D eigenvalue weighted by Gasteiger charge is 2.29. The lowest BCUT2D eigenvalue weighted by molar-refractivity contribution is -0.140. The summed E-state index contributed by atoms with van der Waals surface area (Å²) in [5, 5.41) is 0. The quantitative estimate of drug-likeness (QED) is 0.763. The molecule has 1 aromatic heterocycles. The van der Waals surface area contributed by atoms with Crippen LogP contribution in [-0.2, 0) is 6.54 Å². The van der Waals surface area contributed by atoms with Crippen LogP contribution in [0.5, 0.6) is 0 Å². The van der Waals surface area contributed by atoms with Crippen LogP contribution in [0.4, 0.5) is 13.2 Å². The minimum Gasteiger partial charge on any atom is -0.330 e. The van der Waals surface area contributed by atoms with Gasteiger partial charge in [-0.25, -0.2) is 0 Å². The van der Waals surface area contributed by atoms with Crippen molar-refractivity contribution in [3.63, 3.8) is 0 Å². The van der Waals surface area contributed by atoms with E-state index in [2.05, 4.69) is 4.98 Å². The van der Waals surface area contributed by atoms with Gasteiger partial charge >= 0.3 is 6.18 Å². The van der Waals surface area contributed by atoms with Crippen molar-refractivity contribution in [2.24, 2.45) is 0 Å². The molecule has 0 bridgehead atoms. The molecule has 6 heteroatoms. The third-order valence-corrected chi connectivity index (χ3v) is 2.68. The number of aromatic nitrogens is 2. The van der Waals surface area contributed by atoms with Crippen LogP contribution in [0, 0.1) is 11.7 Å². The third kappa shape index (κ3) is 1.97. The number of hydrogen-bond acceptors (Lipinski definition) is 1. The molecule has 1 N–H and O–H groups in total. The van der Waals surface area contributed by atoms with Gasteiger partial charge in [0.1, 0.15) is 6.54 Å². The maximum absolute atomic E-state index is 12.3. The van der Waals surface area contributed by atoms with Gasteiger partial charge in [0.25, 0.3) is 0 Å². The van der Waals surface area contributed by atoms with Crippen LogP contribution in [0.1, 0.15) is 5.56 Å². The molecule has 0 saturated carbocycles. The predicted octanol–water partition coefficient (Wildman–Crippen LogP) is 3.57. The van der Waals surface area contributed by atoms with E-state index >= 15 is 0 Å². The maximum Gasteiger partial charge on any atom is 0.406 e. The highest BCUT2D eigenvalue weighted by Crippen LogP contribution is 2.23. The van der Waals surface area contributed by atoms with Gasteiger partial charge in [0.2, 0.25) is 0 Å². The Kier molecular flexibility index (Phi) is 2.53. The summed E-state index contributed by atoms with van der Waals surface area (Å²) in [6.45, 7) is 0.765. The summed E-state index contributed by atoms with van der Waals surface area (Å²) < 4.78 is 38.2. The number of para-hydroxylation sites is 1. The zero-order valence-corrected chi connectivity index (χ0v) is 9.25. The van der Waals surface area contributed by atoms with Gasteiger partial charge < -0.3 is 9.55 Å². The highest BCUT2D eigenvalue weighted by atomic mass is 32.1. The number of halogens is 3. The number of benzene rings is 1. The van der Waals surface area contributed by atoms with Crippen molar-refractivity contribution in [2.75, 3.05) is 0 Å². The molecule has 1 aromatic carbocycles. The summed E-state index contributed by atoms with van der Waals surface area (Å²) in [5.74, 6) is 0. The Hall–Kier alpha value is -1.30. The third-order valence-electron chi connectivity index (χ3n) is 2.36. The van der Waals surface area contributed by atoms with Crippen LogP contribution >= 0.6 is 12.2 Å². The van der Waals surface area contributed by atoms with Gasteiger partial charge in [-0.2, -0.15) is 13.2 Å². The van der Waals surface area contributed by atoms with Gasteiger partial charge in [-0.3, -0.25) is 0 Å². The summed E-state index contributed by atoms with van der Waals surface area (Å²) in [7, 11) is 0. The number of alkyl halides is 3. The number of aryl methyl sites for hydroxylation is 1. The molecule has 2 rings (SSSR count). The molecular weight excluding hydrogens is 237 g/mol. The molecule has 16 heavy (non-hydrogen) atoms. The largest absolute Gasteiger partial charge is 0.406 e. The smallest absolute Gasteiger partial charge is 0.330 e. The lowest BCUT2D eigenvalue weighted by Crippen LogP contribution is -2.17. The minimum atomic E-state index is -4.27. The SMILES string of the molecule is Cc1cccc2c1[nH]c(=S)n2CC(F)(F)F. The molecule has 86 valence electrons. The first-order chi connectivity index (χ1) is 7.38. The number of H-pyrrole nitrogens is 1. The molecule has 2 nitrogen and oxygen atoms in total. The number of rotatable bonds is 1. The number of fused-ring (bicyclic) bond motifs is 1. The second-order valence-corrected chi connectivity index (χ2v) is 3.99. The second kappa shape index (κ2) is 3.62. The van der Waals surface area contributed by atoms with Crippen molar-refractivity contribution < 1.29 is 13.2 Å². The monoisotopic (exact) mass is 246 g/mol. The van der Waals surface area contributed by atoms with Gasteiger partial charge in [0, 0.05) is 0 Å². The van der Waals surface area contributed by atoms with Crippen molar-refractivity contribution in [1.82, 2.24) is 9.55 Å². The van der Waals surface area contributed by atoms with E-state index in [1.165, 1.54) is 0 Å². The summed E-state index contributed by atoms with van der Waals surface area (Å²) in [6.07, 6.45) is -4.27. The fourth-order valence-electron chi connectivity index (χ4n) is 1.66. The Labute approximate surface area is 94.7 Å². The Morgan fingerprint density at radius 2 is 2.06 bits per heavy atom. The van der Waals surface area contributed by atoms with Gasteiger partial charge in [0.15, 0.2) is 4.77 Å². The Morgan fingerprint density at radius 1 is 1.38 bits per heavy atom. The summed E-state index contributed by atoms with van der Waals surface area (Å²) >= 11 is 4.89. The van der Waals surface area contributed by atoms with E-state index in [0.717, 1.165) is 10.1 Å². The molecule has 0 unspecified atom stereocenters. The molecule has 0 saturated heterocycles. The molecule has 0 aliphatic carbocycles. The van der Waals surface area contributed by atoms with E-state index < -0.39 is 12.7 Å². The van der Waals surface area contributed by atoms with E-state index in [0.29, 0.717) is 11.0 Å². The molecule has 1 heterocycles. The first-order valence-electron chi connectivity index (χ1n) is 4.63. The van der Waals surface area contributed by atoms with Crippen molar-refractivity contribution in [1.29, 1.82) is 0 Å². The molecule has 0 radical (unpaired) electrons. The number of imidazole rings is 1. The molecule has 0 aliphatic rings. The second-order valence-electron chi connectivity index (χ2n) is 3.60. The fourth-order valence-corrected chi connectivity index (χ4v) is 1.92. The van der Waals surface area contributed by atoms with Gasteiger partial charge in [-0.15, -0.1) is 0 Å². The maximum atomic E-state index is 12.3. The van der Waals surface area contributed by atoms with Crippen LogP contribution in [0.15, 0.2) is 18.2 Å². The zero-order chi connectivity index (χ0) is 11.9. The van der Waals surface area contributed by atoms with Crippen LogP contribution < -0.4 is 0 Å². The van der Waals surface area contributed by atoms with Crippen molar-refractivity contribution in [2.45, 2.75) is 19.6 Å². The molecule has 0 fully saturated rings. The molecule has 0 amide bonds. The lowest BCUT2D eigenvalue weighted by atomic mass is 10.2. The lowest BCUT2D eigenvalue weighted by Gasteiger charge is -2.08. The first-order valence-corrected chi connectivity index (χ1v) is 5.04. The first kappa shape index (κ1) is 11.2. The Bertz CT molecular complexity index is 580. The van der Waals surface area contributed by atoms with E-state index in [1.54, 1.807) is 12.1 Å². The van der Waals surface area contributed by atoms with Crippen molar-refractivity contribution in [3.8, 4) is 0 Å². The van der Waals surface area contributed by atoms with Gasteiger partial charge in [-0.05, 0) is 30.8 Å². The Balaban J connectivity index is 2.66. The fraction of sp³-hybridized carbons (Fsp3) is 0.300. The van der Waals surface area contributed by atoms with Gasteiger partial charge in [0.05, 0.1) is 11.0 Å². The molecule has 2 aromatic rings. The number of hydrogen-bond donors (Lipinski definition) is 1. The highest BCUT2D eigenvalue weighted by molar-refractivity contribution is 7.71. The summed E-state index contributed by atoms with van der Waals surface area (Å²) in [4.78, 5) is 2.80. The number of nitrogens with one attached hydrogen (secondary N) is 1. The number of aromatic amines is 1. The summed E-state index contributed by atoms with van der Waals surface area (Å²) in [5.41, 5.74) is 2.03. The van der Waals surface area contributed by atoms with Gasteiger partial charge in [-0.1, -0.05) is 12.1 Å². The average Bonchev–Trinajstić information content (AvgIpc) is 2.44. The normalized spacial score (nSPS) is 12.2. The van der Waals surface area contributed by atoms with Crippen LogP contribution in [0.25, 0.3) is 11.0 Å². The minimum absolute atomic E-state index is 0.0987. The Morgan fingerprint density at radius 3 is 2.69 bits per heavy atom. The van der Waals surface area contributed by atoms with E-state index in [-0.39, 0.29) is 4.77 Å². The molecule has 0 spiro atoms. The molecule has 0 aliphatic heterocycles. The van der Waals surface area contributed by atoms with Crippen LogP contribution in [0.2, 0.25) is 0 Å². The topological polar surface area (TPSA) is 20.7 Å². The summed E-state index contributed by atoms with van der Waals surface area (Å²) in [6, 6.07) is 5.17. The number of nitrogens with zero attached hydrogens (tertiary/aromatic N) is 1.